The maximum atomic E-state index is 12.2. The second-order valence-corrected chi connectivity index (χ2v) is 6.65. The number of nitrogens with two attached hydrogens (primary N) is 1. The van der Waals surface area contributed by atoms with Gasteiger partial charge in [0.25, 0.3) is 0 Å². The van der Waals surface area contributed by atoms with E-state index in [0.717, 1.165) is 24.1 Å². The molecular formula is C16H21N5O2S. The number of nitrogen functional groups attached to an aromatic ring is 1. The highest BCUT2D eigenvalue weighted by atomic mass is 32.1. The van der Waals surface area contributed by atoms with Crippen LogP contribution in [0.15, 0.2) is 29.6 Å². The summed E-state index contributed by atoms with van der Waals surface area (Å²) in [5.74, 6) is 0.193. The number of hydrogen-bond acceptors (Lipinski definition) is 7. The van der Waals surface area contributed by atoms with E-state index in [1.807, 2.05) is 17.5 Å². The third-order valence-electron chi connectivity index (χ3n) is 4.01. The predicted molar refractivity (Wildman–Crippen MR) is 93.4 cm³/mol. The molecule has 1 fully saturated rings. The number of nitrogens with one attached hydrogen (secondary N) is 3. The SMILES string of the molecule is Nc1nc(CCCNC(=O)C2CC(c3ccccc3O)NN2)cs1. The highest BCUT2D eigenvalue weighted by Gasteiger charge is 2.30. The fourth-order valence-corrected chi connectivity index (χ4v) is 3.35. The third-order valence-corrected chi connectivity index (χ3v) is 4.73. The smallest absolute Gasteiger partial charge is 0.238 e. The molecule has 1 aromatic heterocycles. The monoisotopic (exact) mass is 347 g/mol. The van der Waals surface area contributed by atoms with Crippen LogP contribution in [-0.2, 0) is 11.2 Å². The van der Waals surface area contributed by atoms with Gasteiger partial charge < -0.3 is 16.2 Å². The largest absolute Gasteiger partial charge is 0.508 e. The Kier molecular flexibility index (Phi) is 5.29. The Morgan fingerprint density at radius 1 is 1.42 bits per heavy atom. The lowest BCUT2D eigenvalue weighted by molar-refractivity contribution is -0.122. The zero-order valence-electron chi connectivity index (χ0n) is 13.2. The standard InChI is InChI=1S/C16H21N5O2S/c17-16-19-10(9-24-16)4-3-7-18-15(23)13-8-12(20-21-13)11-5-1-2-6-14(11)22/h1-2,5-6,9,12-13,20-22H,3-4,7-8H2,(H2,17,19)(H,18,23). The predicted octanol–water partition coefficient (Wildman–Crippen LogP) is 1.09. The maximum absolute atomic E-state index is 12.2. The lowest BCUT2D eigenvalue weighted by atomic mass is 10.0. The van der Waals surface area contributed by atoms with E-state index >= 15 is 0 Å². The van der Waals surface area contributed by atoms with Crippen LogP contribution in [0.4, 0.5) is 5.13 Å². The molecule has 2 heterocycles. The number of aromatic hydroxyl groups is 1. The number of phenolic OH excluding ortho intramolecular Hbond substituents is 1. The Hall–Kier alpha value is -2.16. The molecular weight excluding hydrogens is 326 g/mol. The van der Waals surface area contributed by atoms with Crippen molar-refractivity contribution in [2.75, 3.05) is 12.3 Å². The molecule has 0 aliphatic carbocycles. The number of para-hydroxylation sites is 1. The van der Waals surface area contributed by atoms with Crippen LogP contribution in [0.3, 0.4) is 0 Å². The first-order valence-corrected chi connectivity index (χ1v) is 8.78. The average Bonchev–Trinajstić information content (AvgIpc) is 3.21. The van der Waals surface area contributed by atoms with Gasteiger partial charge in [0.05, 0.1) is 11.7 Å². The molecule has 3 rings (SSSR count). The number of hydrogen-bond donors (Lipinski definition) is 5. The van der Waals surface area contributed by atoms with Gasteiger partial charge >= 0.3 is 0 Å². The molecule has 24 heavy (non-hydrogen) atoms. The quantitative estimate of drug-likeness (QED) is 0.500. The lowest BCUT2D eigenvalue weighted by Gasteiger charge is -2.11. The summed E-state index contributed by atoms with van der Waals surface area (Å²) in [5, 5.41) is 15.3. The molecule has 1 aliphatic rings. The summed E-state index contributed by atoms with van der Waals surface area (Å²) in [6.45, 7) is 0.593. The highest BCUT2D eigenvalue weighted by Crippen LogP contribution is 2.29. The van der Waals surface area contributed by atoms with Crippen LogP contribution >= 0.6 is 11.3 Å². The molecule has 7 nitrogen and oxygen atoms in total. The average molecular weight is 347 g/mol. The Bertz CT molecular complexity index is 705. The number of nitrogens with zero attached hydrogens (tertiary/aromatic N) is 1. The Morgan fingerprint density at radius 3 is 3.00 bits per heavy atom. The summed E-state index contributed by atoms with van der Waals surface area (Å²) in [5.41, 5.74) is 13.4. The summed E-state index contributed by atoms with van der Waals surface area (Å²) in [6, 6.07) is 6.76. The maximum Gasteiger partial charge on any atom is 0.238 e. The van der Waals surface area contributed by atoms with Crippen LogP contribution in [0.2, 0.25) is 0 Å². The number of phenols is 1. The molecule has 2 aromatic rings. The number of benzene rings is 1. The number of aromatic nitrogens is 1. The van der Waals surface area contributed by atoms with Gasteiger partial charge in [0.2, 0.25) is 5.91 Å². The van der Waals surface area contributed by atoms with Gasteiger partial charge in [-0.1, -0.05) is 18.2 Å². The van der Waals surface area contributed by atoms with Crippen LogP contribution in [0, 0.1) is 0 Å². The second kappa shape index (κ2) is 7.61. The first-order chi connectivity index (χ1) is 11.6. The van der Waals surface area contributed by atoms with Crippen molar-refractivity contribution in [2.45, 2.75) is 31.3 Å². The van der Waals surface area contributed by atoms with Gasteiger partial charge in [-0.05, 0) is 25.3 Å². The van der Waals surface area contributed by atoms with Gasteiger partial charge in [-0.3, -0.25) is 4.79 Å². The molecule has 6 N–H and O–H groups in total. The number of thiazole rings is 1. The Morgan fingerprint density at radius 2 is 2.25 bits per heavy atom. The van der Waals surface area contributed by atoms with Gasteiger partial charge in [0.15, 0.2) is 5.13 Å². The van der Waals surface area contributed by atoms with E-state index in [1.54, 1.807) is 12.1 Å². The fourth-order valence-electron chi connectivity index (χ4n) is 2.76. The van der Waals surface area contributed by atoms with Gasteiger partial charge in [-0.25, -0.2) is 15.8 Å². The normalized spacial score (nSPS) is 20.2. The number of hydrazine groups is 1. The summed E-state index contributed by atoms with van der Waals surface area (Å²) in [4.78, 5) is 16.4. The topological polar surface area (TPSA) is 112 Å². The van der Waals surface area contributed by atoms with E-state index in [4.69, 9.17) is 5.73 Å². The van der Waals surface area contributed by atoms with Crippen LogP contribution < -0.4 is 21.9 Å². The minimum Gasteiger partial charge on any atom is -0.508 e. The molecule has 0 radical (unpaired) electrons. The van der Waals surface area contributed by atoms with Crippen molar-refractivity contribution in [3.63, 3.8) is 0 Å². The van der Waals surface area contributed by atoms with Crippen molar-refractivity contribution in [1.29, 1.82) is 0 Å². The molecule has 2 atom stereocenters. The molecule has 0 bridgehead atoms. The number of rotatable bonds is 6. The zero-order chi connectivity index (χ0) is 16.9. The molecule has 1 amide bonds. The summed E-state index contributed by atoms with van der Waals surface area (Å²) < 4.78 is 0. The molecule has 0 saturated carbocycles. The van der Waals surface area contributed by atoms with Gasteiger partial charge in [-0.2, -0.15) is 0 Å². The van der Waals surface area contributed by atoms with E-state index in [-0.39, 0.29) is 23.7 Å². The zero-order valence-corrected chi connectivity index (χ0v) is 14.0. The number of aryl methyl sites for hydroxylation is 1. The van der Waals surface area contributed by atoms with Crippen LogP contribution in [0.25, 0.3) is 0 Å². The Labute approximate surface area is 144 Å². The van der Waals surface area contributed by atoms with Crippen LogP contribution in [0.1, 0.15) is 30.1 Å². The van der Waals surface area contributed by atoms with E-state index in [2.05, 4.69) is 21.2 Å². The van der Waals surface area contributed by atoms with Crippen molar-refractivity contribution < 1.29 is 9.90 Å². The summed E-state index contributed by atoms with van der Waals surface area (Å²) in [6.07, 6.45) is 2.20. The van der Waals surface area contributed by atoms with E-state index in [1.165, 1.54) is 11.3 Å². The number of anilines is 1. The van der Waals surface area contributed by atoms with E-state index in [9.17, 15) is 9.90 Å². The molecule has 128 valence electrons. The molecule has 1 aromatic carbocycles. The first-order valence-electron chi connectivity index (χ1n) is 7.90. The van der Waals surface area contributed by atoms with E-state index < -0.39 is 0 Å². The van der Waals surface area contributed by atoms with Crippen molar-refractivity contribution in [3.05, 3.63) is 40.9 Å². The summed E-state index contributed by atoms with van der Waals surface area (Å²) >= 11 is 1.43. The lowest BCUT2D eigenvalue weighted by Crippen LogP contribution is -2.43. The van der Waals surface area contributed by atoms with Crippen molar-refractivity contribution >= 4 is 22.4 Å². The number of carbonyl (C=O) groups excluding carboxylic acids is 1. The molecule has 1 saturated heterocycles. The Balaban J connectivity index is 1.42. The number of amides is 1. The summed E-state index contributed by atoms with van der Waals surface area (Å²) in [7, 11) is 0. The minimum atomic E-state index is -0.315. The van der Waals surface area contributed by atoms with Crippen molar-refractivity contribution in [2.24, 2.45) is 0 Å². The molecule has 8 heteroatoms. The highest BCUT2D eigenvalue weighted by molar-refractivity contribution is 7.13. The molecule has 1 aliphatic heterocycles. The van der Waals surface area contributed by atoms with Gasteiger partial charge in [-0.15, -0.1) is 11.3 Å². The van der Waals surface area contributed by atoms with Gasteiger partial charge in [0.1, 0.15) is 11.8 Å². The van der Waals surface area contributed by atoms with Crippen LogP contribution in [0.5, 0.6) is 5.75 Å². The first kappa shape index (κ1) is 16.7. The molecule has 2 unspecified atom stereocenters. The van der Waals surface area contributed by atoms with Crippen molar-refractivity contribution in [1.82, 2.24) is 21.2 Å². The van der Waals surface area contributed by atoms with Crippen molar-refractivity contribution in [3.8, 4) is 5.75 Å². The fraction of sp³-hybridized carbons (Fsp3) is 0.375. The molecule has 0 spiro atoms. The van der Waals surface area contributed by atoms with E-state index in [0.29, 0.717) is 18.1 Å². The third kappa shape index (κ3) is 4.02. The number of carbonyl (C=O) groups is 1. The van der Waals surface area contributed by atoms with Gasteiger partial charge in [0, 0.05) is 17.5 Å². The van der Waals surface area contributed by atoms with Crippen LogP contribution in [-0.4, -0.2) is 28.6 Å². The second-order valence-electron chi connectivity index (χ2n) is 5.76. The minimum absolute atomic E-state index is 0.0433.